The standard InChI is InChI=1S/C13H24ClN3/c1-7-15-11(13(3,4)5)8-10-12(14)9(2)16-17(10)6/h11,15H,7-8H2,1-6H3. The zero-order valence-electron chi connectivity index (χ0n) is 11.8. The van der Waals surface area contributed by atoms with Crippen molar-refractivity contribution in [1.29, 1.82) is 0 Å². The van der Waals surface area contributed by atoms with Crippen molar-refractivity contribution in [3.8, 4) is 0 Å². The first-order valence-electron chi connectivity index (χ1n) is 6.18. The third-order valence-corrected chi connectivity index (χ3v) is 3.65. The van der Waals surface area contributed by atoms with E-state index in [9.17, 15) is 0 Å². The second-order valence-electron chi connectivity index (χ2n) is 5.65. The maximum atomic E-state index is 6.30. The smallest absolute Gasteiger partial charge is 0.0847 e. The molecule has 0 aromatic carbocycles. The summed E-state index contributed by atoms with van der Waals surface area (Å²) in [6.07, 6.45) is 0.910. The first-order chi connectivity index (χ1) is 7.77. The van der Waals surface area contributed by atoms with Gasteiger partial charge in [-0.1, -0.05) is 39.3 Å². The van der Waals surface area contributed by atoms with Crippen LogP contribution in [0.2, 0.25) is 5.02 Å². The minimum absolute atomic E-state index is 0.206. The number of aromatic nitrogens is 2. The van der Waals surface area contributed by atoms with Crippen LogP contribution in [0.1, 0.15) is 39.1 Å². The van der Waals surface area contributed by atoms with Crippen molar-refractivity contribution in [2.45, 2.75) is 47.1 Å². The van der Waals surface area contributed by atoms with Crippen LogP contribution in [0.15, 0.2) is 0 Å². The summed E-state index contributed by atoms with van der Waals surface area (Å²) in [5, 5.41) is 8.70. The molecule has 0 aliphatic rings. The molecule has 3 nitrogen and oxygen atoms in total. The van der Waals surface area contributed by atoms with Gasteiger partial charge in [0.15, 0.2) is 0 Å². The summed E-state index contributed by atoms with van der Waals surface area (Å²) in [5.41, 5.74) is 2.23. The topological polar surface area (TPSA) is 29.9 Å². The predicted molar refractivity (Wildman–Crippen MR) is 73.6 cm³/mol. The first kappa shape index (κ1) is 14.5. The highest BCUT2D eigenvalue weighted by molar-refractivity contribution is 6.31. The van der Waals surface area contributed by atoms with Crippen molar-refractivity contribution < 1.29 is 0 Å². The van der Waals surface area contributed by atoms with Crippen molar-refractivity contribution in [3.05, 3.63) is 16.4 Å². The highest BCUT2D eigenvalue weighted by Gasteiger charge is 2.26. The highest BCUT2D eigenvalue weighted by Crippen LogP contribution is 2.27. The van der Waals surface area contributed by atoms with Crippen LogP contribution in [0.3, 0.4) is 0 Å². The Labute approximate surface area is 110 Å². The lowest BCUT2D eigenvalue weighted by Crippen LogP contribution is -2.42. The molecule has 0 saturated carbocycles. The summed E-state index contributed by atoms with van der Waals surface area (Å²) < 4.78 is 1.90. The zero-order valence-corrected chi connectivity index (χ0v) is 12.5. The molecule has 0 fully saturated rings. The molecule has 1 heterocycles. The normalized spacial score (nSPS) is 14.1. The Balaban J connectivity index is 2.94. The van der Waals surface area contributed by atoms with Crippen LogP contribution in [0.4, 0.5) is 0 Å². The number of hydrogen-bond acceptors (Lipinski definition) is 2. The molecular formula is C13H24ClN3. The van der Waals surface area contributed by atoms with E-state index >= 15 is 0 Å². The van der Waals surface area contributed by atoms with Gasteiger partial charge >= 0.3 is 0 Å². The van der Waals surface area contributed by atoms with Gasteiger partial charge in [-0.3, -0.25) is 4.68 Å². The Bertz CT molecular complexity index is 377. The summed E-state index contributed by atoms with van der Waals surface area (Å²) in [5.74, 6) is 0. The molecule has 0 aliphatic carbocycles. The molecule has 17 heavy (non-hydrogen) atoms. The molecule has 0 spiro atoms. The summed E-state index contributed by atoms with van der Waals surface area (Å²) in [6.45, 7) is 11.8. The molecule has 98 valence electrons. The fraction of sp³-hybridized carbons (Fsp3) is 0.769. The van der Waals surface area contributed by atoms with Gasteiger partial charge in [0.25, 0.3) is 0 Å². The number of aryl methyl sites for hydroxylation is 2. The molecule has 1 aromatic rings. The van der Waals surface area contributed by atoms with Crippen LogP contribution in [-0.2, 0) is 13.5 Å². The molecule has 1 N–H and O–H groups in total. The molecule has 1 aromatic heterocycles. The number of halogens is 1. The van der Waals surface area contributed by atoms with E-state index in [0.717, 1.165) is 29.4 Å². The van der Waals surface area contributed by atoms with Gasteiger partial charge < -0.3 is 5.32 Å². The van der Waals surface area contributed by atoms with E-state index in [1.807, 2.05) is 18.7 Å². The first-order valence-corrected chi connectivity index (χ1v) is 6.56. The van der Waals surface area contributed by atoms with Crippen LogP contribution >= 0.6 is 11.6 Å². The number of hydrogen-bond donors (Lipinski definition) is 1. The van der Waals surface area contributed by atoms with Crippen LogP contribution < -0.4 is 5.32 Å². The summed E-state index contributed by atoms with van der Waals surface area (Å²) in [7, 11) is 1.96. The maximum absolute atomic E-state index is 6.30. The van der Waals surface area contributed by atoms with Crippen molar-refractivity contribution in [1.82, 2.24) is 15.1 Å². The monoisotopic (exact) mass is 257 g/mol. The van der Waals surface area contributed by atoms with E-state index in [-0.39, 0.29) is 5.41 Å². The number of nitrogens with one attached hydrogen (secondary N) is 1. The Morgan fingerprint density at radius 1 is 1.41 bits per heavy atom. The largest absolute Gasteiger partial charge is 0.313 e. The third kappa shape index (κ3) is 3.46. The zero-order chi connectivity index (χ0) is 13.2. The van der Waals surface area contributed by atoms with E-state index in [1.54, 1.807) is 0 Å². The molecular weight excluding hydrogens is 234 g/mol. The van der Waals surface area contributed by atoms with Crippen LogP contribution in [-0.4, -0.2) is 22.4 Å². The third-order valence-electron chi connectivity index (χ3n) is 3.16. The van der Waals surface area contributed by atoms with Gasteiger partial charge in [-0.05, 0) is 18.9 Å². The second kappa shape index (κ2) is 5.40. The molecule has 1 rings (SSSR count). The predicted octanol–water partition coefficient (Wildman–Crippen LogP) is 2.95. The Morgan fingerprint density at radius 3 is 2.35 bits per heavy atom. The van der Waals surface area contributed by atoms with E-state index in [0.29, 0.717) is 6.04 Å². The van der Waals surface area contributed by atoms with Crippen LogP contribution in [0, 0.1) is 12.3 Å². The summed E-state index contributed by atoms with van der Waals surface area (Å²) in [4.78, 5) is 0. The fourth-order valence-corrected chi connectivity index (χ4v) is 2.26. The van der Waals surface area contributed by atoms with Crippen molar-refractivity contribution in [2.24, 2.45) is 12.5 Å². The fourth-order valence-electron chi connectivity index (χ4n) is 2.03. The lowest BCUT2D eigenvalue weighted by Gasteiger charge is -2.31. The lowest BCUT2D eigenvalue weighted by molar-refractivity contribution is 0.266. The van der Waals surface area contributed by atoms with Crippen LogP contribution in [0.25, 0.3) is 0 Å². The van der Waals surface area contributed by atoms with Gasteiger partial charge in [0.1, 0.15) is 0 Å². The summed E-state index contributed by atoms with van der Waals surface area (Å²) >= 11 is 6.30. The van der Waals surface area contributed by atoms with Gasteiger partial charge in [0, 0.05) is 19.5 Å². The summed E-state index contributed by atoms with van der Waals surface area (Å²) in [6, 6.07) is 0.403. The molecule has 0 saturated heterocycles. The minimum Gasteiger partial charge on any atom is -0.313 e. The van der Waals surface area contributed by atoms with Gasteiger partial charge in [0.2, 0.25) is 0 Å². The quantitative estimate of drug-likeness (QED) is 0.899. The van der Waals surface area contributed by atoms with Crippen LogP contribution in [0.5, 0.6) is 0 Å². The molecule has 0 bridgehead atoms. The molecule has 0 radical (unpaired) electrons. The van der Waals surface area contributed by atoms with E-state index in [2.05, 4.69) is 38.1 Å². The Kier molecular flexibility index (Phi) is 4.62. The second-order valence-corrected chi connectivity index (χ2v) is 6.03. The minimum atomic E-state index is 0.206. The highest BCUT2D eigenvalue weighted by atomic mass is 35.5. The average molecular weight is 258 g/mol. The van der Waals surface area contributed by atoms with Crippen molar-refractivity contribution >= 4 is 11.6 Å². The number of rotatable bonds is 4. The lowest BCUT2D eigenvalue weighted by atomic mass is 9.84. The van der Waals surface area contributed by atoms with E-state index in [4.69, 9.17) is 11.6 Å². The molecule has 0 aliphatic heterocycles. The van der Waals surface area contributed by atoms with Crippen molar-refractivity contribution in [2.75, 3.05) is 6.54 Å². The van der Waals surface area contributed by atoms with Gasteiger partial charge in [-0.2, -0.15) is 5.10 Å². The number of likely N-dealkylation sites (N-methyl/N-ethyl adjacent to an activating group) is 1. The maximum Gasteiger partial charge on any atom is 0.0847 e. The molecule has 4 heteroatoms. The van der Waals surface area contributed by atoms with Gasteiger partial charge in [-0.25, -0.2) is 0 Å². The van der Waals surface area contributed by atoms with Gasteiger partial charge in [0.05, 0.1) is 16.4 Å². The SMILES string of the molecule is CCNC(Cc1c(Cl)c(C)nn1C)C(C)(C)C. The Hall–Kier alpha value is -0.540. The molecule has 0 amide bonds. The molecule has 1 unspecified atom stereocenters. The van der Waals surface area contributed by atoms with E-state index in [1.165, 1.54) is 0 Å². The van der Waals surface area contributed by atoms with Gasteiger partial charge in [-0.15, -0.1) is 0 Å². The Morgan fingerprint density at radius 2 is 2.00 bits per heavy atom. The van der Waals surface area contributed by atoms with Crippen molar-refractivity contribution in [3.63, 3.8) is 0 Å². The number of nitrogens with zero attached hydrogens (tertiary/aromatic N) is 2. The average Bonchev–Trinajstić information content (AvgIpc) is 2.42. The molecule has 1 atom stereocenters. The van der Waals surface area contributed by atoms with E-state index < -0.39 is 0 Å².